The lowest BCUT2D eigenvalue weighted by Crippen LogP contribution is -2.32. The lowest BCUT2D eigenvalue weighted by atomic mass is 10.1. The third kappa shape index (κ3) is 5.32. The van der Waals surface area contributed by atoms with Gasteiger partial charge in [-0.1, -0.05) is 37.3 Å². The Bertz CT molecular complexity index is 1270. The molecule has 2 aromatic carbocycles. The molecule has 0 saturated carbocycles. The first kappa shape index (κ1) is 23.6. The maximum atomic E-state index is 13.0. The van der Waals surface area contributed by atoms with Gasteiger partial charge in [-0.15, -0.1) is 5.10 Å². The molecule has 0 fully saturated rings. The second-order valence-corrected chi connectivity index (χ2v) is 8.14. The Morgan fingerprint density at radius 1 is 1.09 bits per heavy atom. The molecule has 0 aliphatic heterocycles. The van der Waals surface area contributed by atoms with Gasteiger partial charge in [0.1, 0.15) is 5.75 Å². The Morgan fingerprint density at radius 2 is 1.91 bits per heavy atom. The molecule has 1 atom stereocenters. The van der Waals surface area contributed by atoms with Crippen LogP contribution in [-0.4, -0.2) is 50.9 Å². The highest BCUT2D eigenvalue weighted by Crippen LogP contribution is 2.27. The summed E-state index contributed by atoms with van der Waals surface area (Å²) in [6, 6.07) is 17.8. The number of fused-ring (bicyclic) bond motifs is 1. The molecule has 4 rings (SSSR count). The molecule has 4 aromatic rings. The van der Waals surface area contributed by atoms with E-state index < -0.39 is 0 Å². The van der Waals surface area contributed by atoms with E-state index >= 15 is 0 Å². The smallest absolute Gasteiger partial charge is 0.252 e. The molecule has 9 nitrogen and oxygen atoms in total. The van der Waals surface area contributed by atoms with Crippen LogP contribution in [-0.2, 0) is 24.4 Å². The lowest BCUT2D eigenvalue weighted by molar-refractivity contribution is 0.151. The zero-order valence-corrected chi connectivity index (χ0v) is 19.8. The van der Waals surface area contributed by atoms with Gasteiger partial charge in [-0.05, 0) is 46.0 Å². The van der Waals surface area contributed by atoms with E-state index in [4.69, 9.17) is 9.47 Å². The van der Waals surface area contributed by atoms with Crippen LogP contribution >= 0.6 is 0 Å². The van der Waals surface area contributed by atoms with E-state index in [0.717, 1.165) is 28.7 Å². The number of nitrogens with one attached hydrogen (secondary N) is 1. The first-order chi connectivity index (χ1) is 16.6. The minimum atomic E-state index is -0.118. The summed E-state index contributed by atoms with van der Waals surface area (Å²) in [5, 5.41) is 13.4. The van der Waals surface area contributed by atoms with E-state index in [-0.39, 0.29) is 11.6 Å². The standard InChI is InChI=1S/C25H30N6O3/c1-4-23(24-27-28-29-31(24)12-13-33-2)30(16-18-8-6-5-7-9-18)17-20-14-19-10-11-21(34-3)15-22(19)26-25(20)32/h5-11,14-15,23H,4,12-13,16-17H2,1-3H3,(H,26,32). The molecule has 9 heteroatoms. The minimum Gasteiger partial charge on any atom is -0.497 e. The van der Waals surface area contributed by atoms with Crippen LogP contribution < -0.4 is 10.3 Å². The molecule has 0 amide bonds. The van der Waals surface area contributed by atoms with Gasteiger partial charge in [-0.2, -0.15) is 0 Å². The summed E-state index contributed by atoms with van der Waals surface area (Å²) in [5.74, 6) is 1.47. The number of benzene rings is 2. The van der Waals surface area contributed by atoms with Gasteiger partial charge in [0.15, 0.2) is 5.82 Å². The van der Waals surface area contributed by atoms with Crippen molar-refractivity contribution in [3.63, 3.8) is 0 Å². The average molecular weight is 463 g/mol. The van der Waals surface area contributed by atoms with E-state index in [9.17, 15) is 4.79 Å². The first-order valence-corrected chi connectivity index (χ1v) is 11.4. The lowest BCUT2D eigenvalue weighted by Gasteiger charge is -2.30. The molecule has 0 spiro atoms. The molecular formula is C25H30N6O3. The summed E-state index contributed by atoms with van der Waals surface area (Å²) >= 11 is 0. The monoisotopic (exact) mass is 462 g/mol. The maximum Gasteiger partial charge on any atom is 0.252 e. The number of rotatable bonds is 11. The second kappa shape index (κ2) is 11.0. The van der Waals surface area contributed by atoms with E-state index in [1.54, 1.807) is 18.9 Å². The van der Waals surface area contributed by atoms with Gasteiger partial charge >= 0.3 is 0 Å². The summed E-state index contributed by atoms with van der Waals surface area (Å²) in [6.45, 7) is 4.28. The third-order valence-electron chi connectivity index (χ3n) is 5.92. The summed E-state index contributed by atoms with van der Waals surface area (Å²) in [7, 11) is 3.27. The highest BCUT2D eigenvalue weighted by molar-refractivity contribution is 5.80. The second-order valence-electron chi connectivity index (χ2n) is 8.14. The predicted octanol–water partition coefficient (Wildman–Crippen LogP) is 3.32. The first-order valence-electron chi connectivity index (χ1n) is 11.4. The highest BCUT2D eigenvalue weighted by Gasteiger charge is 2.26. The van der Waals surface area contributed by atoms with Crippen molar-refractivity contribution in [2.75, 3.05) is 20.8 Å². The van der Waals surface area contributed by atoms with Crippen molar-refractivity contribution in [1.29, 1.82) is 0 Å². The van der Waals surface area contributed by atoms with Crippen LogP contribution in [0.15, 0.2) is 59.4 Å². The predicted molar refractivity (Wildman–Crippen MR) is 130 cm³/mol. The zero-order chi connectivity index (χ0) is 23.9. The van der Waals surface area contributed by atoms with Crippen LogP contribution in [0.5, 0.6) is 5.75 Å². The van der Waals surface area contributed by atoms with Crippen LogP contribution in [0.25, 0.3) is 10.9 Å². The Kier molecular flexibility index (Phi) is 7.66. The summed E-state index contributed by atoms with van der Waals surface area (Å²) in [6.07, 6.45) is 0.781. The van der Waals surface area contributed by atoms with Crippen molar-refractivity contribution in [3.8, 4) is 5.75 Å². The van der Waals surface area contributed by atoms with Gasteiger partial charge in [-0.25, -0.2) is 4.68 Å². The van der Waals surface area contributed by atoms with Crippen LogP contribution in [0, 0.1) is 0 Å². The van der Waals surface area contributed by atoms with Crippen molar-refractivity contribution in [2.45, 2.75) is 39.0 Å². The van der Waals surface area contributed by atoms with E-state index in [1.165, 1.54) is 0 Å². The van der Waals surface area contributed by atoms with Gasteiger partial charge in [0.25, 0.3) is 5.56 Å². The summed E-state index contributed by atoms with van der Waals surface area (Å²) < 4.78 is 12.3. The van der Waals surface area contributed by atoms with Crippen molar-refractivity contribution in [1.82, 2.24) is 30.1 Å². The quantitative estimate of drug-likeness (QED) is 0.365. The largest absolute Gasteiger partial charge is 0.497 e. The molecule has 2 aromatic heterocycles. The van der Waals surface area contributed by atoms with Crippen LogP contribution in [0.3, 0.4) is 0 Å². The molecular weight excluding hydrogens is 432 g/mol. The molecule has 34 heavy (non-hydrogen) atoms. The molecule has 0 aliphatic rings. The van der Waals surface area contributed by atoms with Gasteiger partial charge in [0, 0.05) is 31.8 Å². The number of aromatic amines is 1. The SMILES string of the molecule is CCC(c1nnnn1CCOC)N(Cc1ccccc1)Cc1cc2ccc(OC)cc2[nH]c1=O. The van der Waals surface area contributed by atoms with Gasteiger partial charge in [0.2, 0.25) is 0 Å². The number of methoxy groups -OCH3 is 2. The highest BCUT2D eigenvalue weighted by atomic mass is 16.5. The number of ether oxygens (including phenoxy) is 2. The molecule has 1 N–H and O–H groups in total. The number of pyridine rings is 1. The fourth-order valence-corrected chi connectivity index (χ4v) is 4.17. The number of hydrogen-bond donors (Lipinski definition) is 1. The Labute approximate surface area is 198 Å². The van der Waals surface area contributed by atoms with Crippen LogP contribution in [0.2, 0.25) is 0 Å². The number of aromatic nitrogens is 5. The van der Waals surface area contributed by atoms with Crippen molar-refractivity contribution < 1.29 is 9.47 Å². The van der Waals surface area contributed by atoms with E-state index in [1.807, 2.05) is 42.5 Å². The van der Waals surface area contributed by atoms with Gasteiger partial charge < -0.3 is 14.5 Å². The number of hydrogen-bond acceptors (Lipinski definition) is 7. The van der Waals surface area contributed by atoms with Gasteiger partial charge in [0.05, 0.1) is 31.8 Å². The zero-order valence-electron chi connectivity index (χ0n) is 19.8. The molecule has 0 radical (unpaired) electrons. The number of nitrogens with zero attached hydrogens (tertiary/aromatic N) is 5. The fourth-order valence-electron chi connectivity index (χ4n) is 4.17. The Morgan fingerprint density at radius 3 is 2.65 bits per heavy atom. The molecule has 178 valence electrons. The minimum absolute atomic E-state index is 0.0852. The Hall–Kier alpha value is -3.56. The summed E-state index contributed by atoms with van der Waals surface area (Å²) in [5.41, 5.74) is 2.47. The van der Waals surface area contributed by atoms with E-state index in [0.29, 0.717) is 37.6 Å². The van der Waals surface area contributed by atoms with Crippen LogP contribution in [0.4, 0.5) is 0 Å². The van der Waals surface area contributed by atoms with E-state index in [2.05, 4.69) is 44.5 Å². The topological polar surface area (TPSA) is 98.2 Å². The van der Waals surface area contributed by atoms with Gasteiger partial charge in [-0.3, -0.25) is 9.69 Å². The fraction of sp³-hybridized carbons (Fsp3) is 0.360. The maximum absolute atomic E-state index is 13.0. The molecule has 2 heterocycles. The van der Waals surface area contributed by atoms with Crippen molar-refractivity contribution in [2.24, 2.45) is 0 Å². The van der Waals surface area contributed by atoms with Crippen molar-refractivity contribution in [3.05, 3.63) is 81.9 Å². The molecule has 0 bridgehead atoms. The van der Waals surface area contributed by atoms with Crippen molar-refractivity contribution >= 4 is 10.9 Å². The normalized spacial score (nSPS) is 12.4. The molecule has 0 aliphatic carbocycles. The Balaban J connectivity index is 1.71. The average Bonchev–Trinajstić information content (AvgIpc) is 3.32. The number of tetrazole rings is 1. The molecule has 0 saturated heterocycles. The summed E-state index contributed by atoms with van der Waals surface area (Å²) in [4.78, 5) is 18.3. The molecule has 1 unspecified atom stereocenters. The number of H-pyrrole nitrogens is 1. The van der Waals surface area contributed by atoms with Crippen LogP contribution in [0.1, 0.15) is 36.3 Å². The third-order valence-corrected chi connectivity index (χ3v) is 5.92.